The first-order valence-electron chi connectivity index (χ1n) is 11.0. The second-order valence-corrected chi connectivity index (χ2v) is 10.8. The first-order valence-corrected chi connectivity index (χ1v) is 11.0. The smallest absolute Gasteiger partial charge is 0.165 e. The number of likely N-dealkylation sites (tertiary alicyclic amines) is 1. The lowest BCUT2D eigenvalue weighted by Gasteiger charge is -2.65. The Bertz CT molecular complexity index is 845. The predicted octanol–water partition coefficient (Wildman–Crippen LogP) is 2.31. The van der Waals surface area contributed by atoms with Crippen LogP contribution < -0.4 is 10.5 Å². The molecule has 1 unspecified atom stereocenters. The molecule has 3 aliphatic carbocycles. The molecule has 28 heavy (non-hydrogen) atoms. The molecule has 5 nitrogen and oxygen atoms in total. The molecule has 5 heteroatoms. The van der Waals surface area contributed by atoms with Crippen LogP contribution in [0.4, 0.5) is 0 Å². The fraction of sp³-hybridized carbons (Fsp3) is 0.739. The maximum absolute atomic E-state index is 12.3. The molecule has 2 saturated carbocycles. The Hall–Kier alpha value is -1.30. The van der Waals surface area contributed by atoms with Crippen LogP contribution in [0.15, 0.2) is 12.1 Å². The highest BCUT2D eigenvalue weighted by molar-refractivity contribution is 5.62. The van der Waals surface area contributed by atoms with Crippen LogP contribution in [0.25, 0.3) is 0 Å². The third-order valence-corrected chi connectivity index (χ3v) is 8.72. The lowest BCUT2D eigenvalue weighted by molar-refractivity contribution is -0.203. The number of hydrogen-bond acceptors (Lipinski definition) is 5. The molecule has 2 heterocycles. The summed E-state index contributed by atoms with van der Waals surface area (Å²) in [5.41, 5.74) is 7.32. The monoisotopic (exact) mass is 384 g/mol. The quantitative estimate of drug-likeness (QED) is 0.745. The molecule has 1 aromatic carbocycles. The van der Waals surface area contributed by atoms with Crippen LogP contribution in [0.2, 0.25) is 0 Å². The van der Waals surface area contributed by atoms with Crippen molar-refractivity contribution >= 4 is 0 Å². The number of aliphatic hydroxyl groups is 1. The van der Waals surface area contributed by atoms with Gasteiger partial charge in [0.1, 0.15) is 6.10 Å². The summed E-state index contributed by atoms with van der Waals surface area (Å²) in [6, 6.07) is 3.97. The van der Waals surface area contributed by atoms with Gasteiger partial charge in [-0.05, 0) is 76.5 Å². The highest BCUT2D eigenvalue weighted by atomic mass is 16.5. The van der Waals surface area contributed by atoms with Gasteiger partial charge in [-0.2, -0.15) is 0 Å². The number of nitrogens with zero attached hydrogens (tertiary/aromatic N) is 1. The van der Waals surface area contributed by atoms with Gasteiger partial charge in [-0.1, -0.05) is 6.07 Å². The van der Waals surface area contributed by atoms with E-state index in [1.807, 2.05) is 0 Å². The number of phenolic OH excluding ortho intramolecular Hbond substituents is 1. The van der Waals surface area contributed by atoms with Gasteiger partial charge in [-0.15, -0.1) is 0 Å². The molecule has 0 amide bonds. The maximum atomic E-state index is 12.3. The molecule has 1 saturated heterocycles. The summed E-state index contributed by atoms with van der Waals surface area (Å²) in [7, 11) is 0. The third kappa shape index (κ3) is 1.98. The third-order valence-electron chi connectivity index (χ3n) is 8.72. The van der Waals surface area contributed by atoms with Crippen molar-refractivity contribution in [3.63, 3.8) is 0 Å². The summed E-state index contributed by atoms with van der Waals surface area (Å²) in [6.07, 6.45) is 5.85. The van der Waals surface area contributed by atoms with E-state index < -0.39 is 16.6 Å². The molecule has 3 fully saturated rings. The van der Waals surface area contributed by atoms with Gasteiger partial charge in [0.15, 0.2) is 11.5 Å². The summed E-state index contributed by atoms with van der Waals surface area (Å²) < 4.78 is 6.53. The molecule has 5 aliphatic rings. The number of ether oxygens (including phenoxy) is 1. The zero-order valence-corrected chi connectivity index (χ0v) is 16.9. The normalized spacial score (nSPS) is 41.5. The molecular formula is C23H32N2O3. The second kappa shape index (κ2) is 5.24. The summed E-state index contributed by atoms with van der Waals surface area (Å²) in [4.78, 5) is 2.57. The highest BCUT2D eigenvalue weighted by Gasteiger charge is 2.73. The Labute approximate surface area is 166 Å². The number of nitrogens with two attached hydrogens (primary N) is 1. The number of piperidine rings is 1. The van der Waals surface area contributed by atoms with Crippen LogP contribution in [0.1, 0.15) is 57.1 Å². The first kappa shape index (κ1) is 17.5. The molecule has 2 bridgehead atoms. The van der Waals surface area contributed by atoms with E-state index in [9.17, 15) is 10.2 Å². The highest BCUT2D eigenvalue weighted by Crippen LogP contribution is 2.67. The van der Waals surface area contributed by atoms with Crippen LogP contribution in [0, 0.1) is 11.8 Å². The molecule has 6 rings (SSSR count). The van der Waals surface area contributed by atoms with Gasteiger partial charge in [-0.25, -0.2) is 0 Å². The van der Waals surface area contributed by atoms with Crippen LogP contribution in [-0.2, 0) is 11.8 Å². The van der Waals surface area contributed by atoms with Crippen molar-refractivity contribution < 1.29 is 14.9 Å². The largest absolute Gasteiger partial charge is 0.504 e. The molecular weight excluding hydrogens is 352 g/mol. The van der Waals surface area contributed by atoms with Gasteiger partial charge < -0.3 is 20.7 Å². The fourth-order valence-corrected chi connectivity index (χ4v) is 7.24. The van der Waals surface area contributed by atoms with Gasteiger partial charge in [0, 0.05) is 29.6 Å². The Morgan fingerprint density at radius 1 is 1.25 bits per heavy atom. The first-order chi connectivity index (χ1) is 13.3. The minimum absolute atomic E-state index is 0.137. The van der Waals surface area contributed by atoms with Crippen molar-refractivity contribution in [3.8, 4) is 11.5 Å². The molecule has 152 valence electrons. The van der Waals surface area contributed by atoms with Crippen LogP contribution in [0.3, 0.4) is 0 Å². The fourth-order valence-electron chi connectivity index (χ4n) is 7.24. The van der Waals surface area contributed by atoms with Gasteiger partial charge in [0.25, 0.3) is 0 Å². The second-order valence-electron chi connectivity index (χ2n) is 10.8. The number of benzene rings is 1. The molecule has 2 aliphatic heterocycles. The maximum Gasteiger partial charge on any atom is 0.165 e. The number of phenols is 1. The van der Waals surface area contributed by atoms with Gasteiger partial charge in [0.2, 0.25) is 0 Å². The van der Waals surface area contributed by atoms with E-state index in [2.05, 4.69) is 24.8 Å². The topological polar surface area (TPSA) is 79.0 Å². The standard InChI is InChI=1S/C23H32N2O3/c1-21(2,24)15-7-8-23(27)17-11-14-5-6-16(26)19-18(14)22(23,20(15)28-19)9-10-25(17)12-13-3-4-13/h5-6,13,15,17,20,26-27H,3-4,7-12,24H2,1-2H3/t15-,17?,20+,22+,23-/m1/s1. The lowest BCUT2D eigenvalue weighted by Crippen LogP contribution is -2.77. The van der Waals surface area contributed by atoms with E-state index in [0.717, 1.165) is 50.3 Å². The average Bonchev–Trinajstić information content (AvgIpc) is 3.36. The summed E-state index contributed by atoms with van der Waals surface area (Å²) >= 11 is 0. The van der Waals surface area contributed by atoms with E-state index in [-0.39, 0.29) is 23.8 Å². The van der Waals surface area contributed by atoms with Crippen molar-refractivity contribution in [1.82, 2.24) is 4.90 Å². The van der Waals surface area contributed by atoms with Crippen LogP contribution >= 0.6 is 0 Å². The van der Waals surface area contributed by atoms with Gasteiger partial charge >= 0.3 is 0 Å². The van der Waals surface area contributed by atoms with Crippen molar-refractivity contribution in [2.24, 2.45) is 17.6 Å². The number of rotatable bonds is 3. The number of aromatic hydroxyl groups is 1. The minimum atomic E-state index is -0.807. The van der Waals surface area contributed by atoms with E-state index in [1.54, 1.807) is 6.07 Å². The molecule has 1 aromatic rings. The van der Waals surface area contributed by atoms with Gasteiger partial charge in [-0.3, -0.25) is 4.90 Å². The zero-order chi connectivity index (χ0) is 19.5. The van der Waals surface area contributed by atoms with Crippen molar-refractivity contribution in [2.75, 3.05) is 13.1 Å². The van der Waals surface area contributed by atoms with E-state index >= 15 is 0 Å². The van der Waals surface area contributed by atoms with E-state index in [1.165, 1.54) is 18.4 Å². The average molecular weight is 385 g/mol. The Balaban J connectivity index is 1.55. The molecule has 0 radical (unpaired) electrons. The van der Waals surface area contributed by atoms with Crippen molar-refractivity contribution in [1.29, 1.82) is 0 Å². The Morgan fingerprint density at radius 2 is 2.04 bits per heavy atom. The molecule has 4 N–H and O–H groups in total. The van der Waals surface area contributed by atoms with Crippen molar-refractivity contribution in [3.05, 3.63) is 23.3 Å². The molecule has 1 spiro atoms. The minimum Gasteiger partial charge on any atom is -0.504 e. The molecule has 0 aromatic heterocycles. The lowest BCUT2D eigenvalue weighted by atomic mass is 9.46. The molecule has 5 atom stereocenters. The summed E-state index contributed by atoms with van der Waals surface area (Å²) in [6.45, 7) is 6.26. The summed E-state index contributed by atoms with van der Waals surface area (Å²) in [5, 5.41) is 23.0. The van der Waals surface area contributed by atoms with Crippen LogP contribution in [-0.4, -0.2) is 51.5 Å². The van der Waals surface area contributed by atoms with E-state index in [0.29, 0.717) is 5.75 Å². The number of hydrogen-bond donors (Lipinski definition) is 3. The predicted molar refractivity (Wildman–Crippen MR) is 107 cm³/mol. The Kier molecular flexibility index (Phi) is 3.28. The Morgan fingerprint density at radius 3 is 2.75 bits per heavy atom. The SMILES string of the molecule is CC(C)(N)[C@@H]1CC[C@@]2(O)C3Cc4ccc(O)c5c4[C@@]2(CCN3CC2CC2)[C@H]1O5. The van der Waals surface area contributed by atoms with Crippen molar-refractivity contribution in [2.45, 2.75) is 81.1 Å². The zero-order valence-electron chi connectivity index (χ0n) is 16.9. The van der Waals surface area contributed by atoms with Gasteiger partial charge in [0.05, 0.1) is 11.0 Å². The van der Waals surface area contributed by atoms with Crippen LogP contribution in [0.5, 0.6) is 11.5 Å². The summed E-state index contributed by atoms with van der Waals surface area (Å²) in [5.74, 6) is 1.79. The van der Waals surface area contributed by atoms with E-state index in [4.69, 9.17) is 10.5 Å².